The molecule has 2 aromatic rings. The van der Waals surface area contributed by atoms with Gasteiger partial charge in [0.2, 0.25) is 0 Å². The molecule has 2 amide bonds. The minimum atomic E-state index is -0.334. The molecule has 0 N–H and O–H groups in total. The quantitative estimate of drug-likeness (QED) is 0.626. The predicted octanol–water partition coefficient (Wildman–Crippen LogP) is 2.30. The van der Waals surface area contributed by atoms with Gasteiger partial charge in [0.1, 0.15) is 5.70 Å². The molecule has 0 aromatic heterocycles. The Morgan fingerprint density at radius 2 is 1.45 bits per heavy atom. The Bertz CT molecular complexity index is 1090. The standard InChI is InChI=1S/C25H30N4O4/c1-26(2)18-7-9-19(10-8-18)29-24(30)22(17-6-11-20(32-4)21(16-17)33-5)23(25(29)31)28-14-12-27(3)13-15-28/h6-11,16H,12-15H2,1-5H3. The van der Waals surface area contributed by atoms with E-state index in [1.54, 1.807) is 32.4 Å². The molecule has 8 nitrogen and oxygen atoms in total. The number of rotatable bonds is 6. The van der Waals surface area contributed by atoms with Gasteiger partial charge in [-0.1, -0.05) is 6.07 Å². The average Bonchev–Trinajstić information content (AvgIpc) is 3.09. The van der Waals surface area contributed by atoms with Crippen molar-refractivity contribution < 1.29 is 19.1 Å². The van der Waals surface area contributed by atoms with E-state index in [0.717, 1.165) is 18.8 Å². The third-order valence-corrected chi connectivity index (χ3v) is 6.18. The maximum atomic E-state index is 13.7. The number of benzene rings is 2. The normalized spacial score (nSPS) is 17.1. The van der Waals surface area contributed by atoms with Gasteiger partial charge in [0.05, 0.1) is 25.5 Å². The van der Waals surface area contributed by atoms with Gasteiger partial charge in [-0.25, -0.2) is 4.90 Å². The van der Waals surface area contributed by atoms with E-state index in [1.165, 1.54) is 4.90 Å². The summed E-state index contributed by atoms with van der Waals surface area (Å²) in [6.45, 7) is 2.99. The number of methoxy groups -OCH3 is 2. The zero-order valence-electron chi connectivity index (χ0n) is 19.8. The van der Waals surface area contributed by atoms with Crippen molar-refractivity contribution in [2.45, 2.75) is 0 Å². The van der Waals surface area contributed by atoms with E-state index >= 15 is 0 Å². The van der Waals surface area contributed by atoms with Gasteiger partial charge in [-0.3, -0.25) is 9.59 Å². The maximum absolute atomic E-state index is 13.7. The number of carbonyl (C=O) groups excluding carboxylic acids is 2. The first-order valence-electron chi connectivity index (χ1n) is 10.9. The molecular formula is C25H30N4O4. The molecule has 1 fully saturated rings. The molecule has 0 unspecified atom stereocenters. The van der Waals surface area contributed by atoms with Crippen LogP contribution in [0.4, 0.5) is 11.4 Å². The Hall–Kier alpha value is -3.52. The highest BCUT2D eigenvalue weighted by Crippen LogP contribution is 2.38. The van der Waals surface area contributed by atoms with Crippen LogP contribution < -0.4 is 19.3 Å². The Labute approximate surface area is 194 Å². The van der Waals surface area contributed by atoms with Crippen molar-refractivity contribution in [3.05, 3.63) is 53.7 Å². The lowest BCUT2D eigenvalue weighted by molar-refractivity contribution is -0.120. The molecule has 2 aromatic carbocycles. The molecule has 0 aliphatic carbocycles. The van der Waals surface area contributed by atoms with Gasteiger partial charge in [-0.2, -0.15) is 0 Å². The lowest BCUT2D eigenvalue weighted by Crippen LogP contribution is -2.46. The zero-order valence-corrected chi connectivity index (χ0v) is 19.8. The van der Waals surface area contributed by atoms with Gasteiger partial charge in [-0.15, -0.1) is 0 Å². The monoisotopic (exact) mass is 450 g/mol. The lowest BCUT2D eigenvalue weighted by atomic mass is 10.0. The summed E-state index contributed by atoms with van der Waals surface area (Å²) < 4.78 is 10.8. The topological polar surface area (TPSA) is 65.6 Å². The summed E-state index contributed by atoms with van der Waals surface area (Å²) in [5.41, 5.74) is 3.01. The molecule has 2 aliphatic heterocycles. The SMILES string of the molecule is COc1ccc(C2=C(N3CCN(C)CC3)C(=O)N(c3ccc(N(C)C)cc3)C2=O)cc1OC. The van der Waals surface area contributed by atoms with E-state index in [0.29, 0.717) is 47.1 Å². The first-order valence-corrected chi connectivity index (χ1v) is 10.9. The van der Waals surface area contributed by atoms with E-state index in [-0.39, 0.29) is 11.8 Å². The fourth-order valence-corrected chi connectivity index (χ4v) is 4.23. The second-order valence-corrected chi connectivity index (χ2v) is 8.44. The maximum Gasteiger partial charge on any atom is 0.282 e. The minimum Gasteiger partial charge on any atom is -0.493 e. The summed E-state index contributed by atoms with van der Waals surface area (Å²) in [7, 11) is 9.07. The van der Waals surface area contributed by atoms with E-state index < -0.39 is 0 Å². The number of imide groups is 1. The van der Waals surface area contributed by atoms with Crippen LogP contribution in [0.15, 0.2) is 48.2 Å². The highest BCUT2D eigenvalue weighted by atomic mass is 16.5. The molecule has 2 heterocycles. The zero-order chi connectivity index (χ0) is 23.7. The summed E-state index contributed by atoms with van der Waals surface area (Å²) >= 11 is 0. The Kier molecular flexibility index (Phi) is 6.29. The number of ether oxygens (including phenoxy) is 2. The fourth-order valence-electron chi connectivity index (χ4n) is 4.23. The van der Waals surface area contributed by atoms with E-state index in [1.807, 2.05) is 48.2 Å². The van der Waals surface area contributed by atoms with Crippen molar-refractivity contribution >= 4 is 28.8 Å². The van der Waals surface area contributed by atoms with Gasteiger partial charge in [0.15, 0.2) is 11.5 Å². The average molecular weight is 451 g/mol. The summed E-state index contributed by atoms with van der Waals surface area (Å²) in [4.78, 5) is 34.9. The third kappa shape index (κ3) is 4.14. The van der Waals surface area contributed by atoms with Crippen molar-refractivity contribution in [2.75, 3.05) is 71.3 Å². The Morgan fingerprint density at radius 3 is 2.03 bits per heavy atom. The molecule has 8 heteroatoms. The van der Waals surface area contributed by atoms with Crippen molar-refractivity contribution in [3.8, 4) is 11.5 Å². The van der Waals surface area contributed by atoms with E-state index in [9.17, 15) is 9.59 Å². The second-order valence-electron chi connectivity index (χ2n) is 8.44. The van der Waals surface area contributed by atoms with E-state index in [2.05, 4.69) is 11.9 Å². The number of nitrogens with zero attached hydrogens (tertiary/aromatic N) is 4. The molecule has 0 saturated carbocycles. The predicted molar refractivity (Wildman–Crippen MR) is 129 cm³/mol. The van der Waals surface area contributed by atoms with Gasteiger partial charge in [-0.05, 0) is 49.0 Å². The number of carbonyl (C=O) groups is 2. The molecule has 33 heavy (non-hydrogen) atoms. The number of hydrogen-bond acceptors (Lipinski definition) is 7. The fraction of sp³-hybridized carbons (Fsp3) is 0.360. The van der Waals surface area contributed by atoms with Crippen LogP contribution in [0.5, 0.6) is 11.5 Å². The second kappa shape index (κ2) is 9.15. The highest BCUT2D eigenvalue weighted by molar-refractivity contribution is 6.45. The van der Waals surface area contributed by atoms with Crippen molar-refractivity contribution in [1.29, 1.82) is 0 Å². The Balaban J connectivity index is 1.80. The highest BCUT2D eigenvalue weighted by Gasteiger charge is 2.43. The smallest absolute Gasteiger partial charge is 0.282 e. The van der Waals surface area contributed by atoms with Crippen LogP contribution in [0.25, 0.3) is 5.57 Å². The molecule has 2 aliphatic rings. The van der Waals surface area contributed by atoms with Crippen LogP contribution in [0.1, 0.15) is 5.56 Å². The van der Waals surface area contributed by atoms with Gasteiger partial charge >= 0.3 is 0 Å². The number of likely N-dealkylation sites (N-methyl/N-ethyl adjacent to an activating group) is 1. The number of hydrogen-bond donors (Lipinski definition) is 0. The molecule has 0 atom stereocenters. The first-order chi connectivity index (χ1) is 15.8. The van der Waals surface area contributed by atoms with Crippen molar-refractivity contribution in [1.82, 2.24) is 9.80 Å². The third-order valence-electron chi connectivity index (χ3n) is 6.18. The molecule has 174 valence electrons. The van der Waals surface area contributed by atoms with Crippen LogP contribution in [-0.2, 0) is 9.59 Å². The minimum absolute atomic E-state index is 0.299. The van der Waals surface area contributed by atoms with Crippen LogP contribution in [0, 0.1) is 0 Å². The van der Waals surface area contributed by atoms with Crippen LogP contribution in [0.3, 0.4) is 0 Å². The van der Waals surface area contributed by atoms with Gasteiger partial charge in [0.25, 0.3) is 11.8 Å². The Morgan fingerprint density at radius 1 is 0.818 bits per heavy atom. The summed E-state index contributed by atoms with van der Waals surface area (Å²) in [5, 5.41) is 0. The van der Waals surface area contributed by atoms with Gasteiger partial charge in [0, 0.05) is 46.0 Å². The summed E-state index contributed by atoms with van der Waals surface area (Å²) in [6, 6.07) is 12.7. The molecular weight excluding hydrogens is 420 g/mol. The summed E-state index contributed by atoms with van der Waals surface area (Å²) in [6.07, 6.45) is 0. The van der Waals surface area contributed by atoms with Crippen LogP contribution in [-0.4, -0.2) is 83.2 Å². The molecule has 0 bridgehead atoms. The number of anilines is 2. The van der Waals surface area contributed by atoms with Crippen molar-refractivity contribution in [2.24, 2.45) is 0 Å². The number of piperazine rings is 1. The molecule has 4 rings (SSSR count). The van der Waals surface area contributed by atoms with Crippen LogP contribution in [0.2, 0.25) is 0 Å². The molecule has 0 spiro atoms. The summed E-state index contributed by atoms with van der Waals surface area (Å²) in [5.74, 6) is 0.441. The first kappa shape index (κ1) is 22.7. The number of amides is 2. The molecule has 1 saturated heterocycles. The lowest BCUT2D eigenvalue weighted by Gasteiger charge is -2.34. The largest absolute Gasteiger partial charge is 0.493 e. The van der Waals surface area contributed by atoms with Crippen molar-refractivity contribution in [3.63, 3.8) is 0 Å². The molecule has 0 radical (unpaired) electrons. The van der Waals surface area contributed by atoms with E-state index in [4.69, 9.17) is 9.47 Å². The van der Waals surface area contributed by atoms with Gasteiger partial charge < -0.3 is 24.2 Å². The van der Waals surface area contributed by atoms with Crippen LogP contribution >= 0.6 is 0 Å².